The lowest BCUT2D eigenvalue weighted by Gasteiger charge is -2.31. The molecular weight excluding hydrogens is 436 g/mol. The van der Waals surface area contributed by atoms with E-state index in [-0.39, 0.29) is 18.1 Å². The Balaban J connectivity index is 1.43. The van der Waals surface area contributed by atoms with Crippen molar-refractivity contribution in [2.75, 3.05) is 18.6 Å². The third kappa shape index (κ3) is 4.76. The van der Waals surface area contributed by atoms with E-state index in [2.05, 4.69) is 5.16 Å². The van der Waals surface area contributed by atoms with Gasteiger partial charge >= 0.3 is 5.97 Å². The van der Waals surface area contributed by atoms with Crippen LogP contribution in [0.1, 0.15) is 46.3 Å². The first-order valence-electron chi connectivity index (χ1n) is 11.2. The summed E-state index contributed by atoms with van der Waals surface area (Å²) in [4.78, 5) is 27.5. The molecular formula is C26H28N2O6. The average molecular weight is 465 g/mol. The molecule has 0 N–H and O–H groups in total. The third-order valence-electron chi connectivity index (χ3n) is 5.96. The monoisotopic (exact) mass is 464 g/mol. The second-order valence-corrected chi connectivity index (χ2v) is 8.23. The van der Waals surface area contributed by atoms with Crippen molar-refractivity contribution < 1.29 is 28.3 Å². The van der Waals surface area contributed by atoms with Crippen LogP contribution in [0.15, 0.2) is 47.0 Å². The molecule has 8 nitrogen and oxygen atoms in total. The Labute approximate surface area is 198 Å². The molecule has 0 radical (unpaired) electrons. The van der Waals surface area contributed by atoms with E-state index < -0.39 is 12.1 Å². The number of benzene rings is 2. The van der Waals surface area contributed by atoms with Gasteiger partial charge < -0.3 is 23.6 Å². The summed E-state index contributed by atoms with van der Waals surface area (Å²) in [5.74, 6) is 0.679. The third-order valence-corrected chi connectivity index (χ3v) is 5.96. The van der Waals surface area contributed by atoms with Crippen molar-refractivity contribution in [3.8, 4) is 11.5 Å². The molecule has 1 aliphatic rings. The zero-order valence-electron chi connectivity index (χ0n) is 19.8. The van der Waals surface area contributed by atoms with Crippen LogP contribution < -0.4 is 14.4 Å². The first kappa shape index (κ1) is 23.4. The largest absolute Gasteiger partial charge is 0.493 e. The van der Waals surface area contributed by atoms with Crippen LogP contribution in [0.5, 0.6) is 11.5 Å². The Morgan fingerprint density at radius 1 is 1.15 bits per heavy atom. The SMILES string of the molecule is COc1cc(C(=O)O[C@@H](C)C(=O)N2CCCc3ccccc32)ccc1OCc1c(C)noc1C. The summed E-state index contributed by atoms with van der Waals surface area (Å²) in [6, 6.07) is 12.6. The van der Waals surface area contributed by atoms with Crippen LogP contribution >= 0.6 is 0 Å². The minimum Gasteiger partial charge on any atom is -0.493 e. The molecule has 4 rings (SSSR count). The summed E-state index contributed by atoms with van der Waals surface area (Å²) in [6.07, 6.45) is 0.870. The Morgan fingerprint density at radius 2 is 1.94 bits per heavy atom. The van der Waals surface area contributed by atoms with Crippen LogP contribution in [0.2, 0.25) is 0 Å². The van der Waals surface area contributed by atoms with Gasteiger partial charge in [-0.3, -0.25) is 4.79 Å². The molecule has 178 valence electrons. The van der Waals surface area contributed by atoms with Gasteiger partial charge in [0, 0.05) is 12.2 Å². The number of aryl methyl sites for hydroxylation is 3. The topological polar surface area (TPSA) is 91.1 Å². The van der Waals surface area contributed by atoms with Crippen molar-refractivity contribution in [2.45, 2.75) is 46.3 Å². The summed E-state index contributed by atoms with van der Waals surface area (Å²) in [6.45, 7) is 6.11. The van der Waals surface area contributed by atoms with Gasteiger partial charge in [-0.05, 0) is 63.4 Å². The van der Waals surface area contributed by atoms with Crippen molar-refractivity contribution >= 4 is 17.6 Å². The number of esters is 1. The van der Waals surface area contributed by atoms with Gasteiger partial charge in [-0.1, -0.05) is 23.4 Å². The molecule has 0 spiro atoms. The lowest BCUT2D eigenvalue weighted by atomic mass is 10.0. The van der Waals surface area contributed by atoms with Gasteiger partial charge in [0.25, 0.3) is 5.91 Å². The second-order valence-electron chi connectivity index (χ2n) is 8.23. The summed E-state index contributed by atoms with van der Waals surface area (Å²) in [5.41, 5.74) is 3.88. The van der Waals surface area contributed by atoms with E-state index >= 15 is 0 Å². The minimum atomic E-state index is -0.930. The Hall–Kier alpha value is -3.81. The standard InChI is InChI=1S/C26H28N2O6/c1-16-21(17(2)34-27-16)15-32-23-12-11-20(14-24(23)31-4)26(30)33-18(3)25(29)28-13-7-9-19-8-5-6-10-22(19)28/h5-6,8,10-12,14,18H,7,9,13,15H2,1-4H3/t18-/m0/s1. The van der Waals surface area contributed by atoms with Gasteiger partial charge in [-0.2, -0.15) is 0 Å². The maximum atomic E-state index is 13.0. The normalized spacial score (nSPS) is 13.7. The number of ether oxygens (including phenoxy) is 3. The summed E-state index contributed by atoms with van der Waals surface area (Å²) >= 11 is 0. The molecule has 0 saturated carbocycles. The van der Waals surface area contributed by atoms with E-state index in [1.165, 1.54) is 7.11 Å². The van der Waals surface area contributed by atoms with Crippen LogP contribution in [-0.2, 0) is 22.6 Å². The first-order chi connectivity index (χ1) is 16.4. The number of hydrogen-bond donors (Lipinski definition) is 0. The number of rotatable bonds is 7. The maximum absolute atomic E-state index is 13.0. The van der Waals surface area contributed by atoms with Gasteiger partial charge in [0.2, 0.25) is 0 Å². The predicted octanol–water partition coefficient (Wildman–Crippen LogP) is 4.40. The lowest BCUT2D eigenvalue weighted by molar-refractivity contribution is -0.126. The second kappa shape index (κ2) is 9.99. The van der Waals surface area contributed by atoms with E-state index in [1.54, 1.807) is 30.0 Å². The van der Waals surface area contributed by atoms with E-state index in [1.807, 2.05) is 38.1 Å². The molecule has 0 aliphatic carbocycles. The van der Waals surface area contributed by atoms with Gasteiger partial charge in [0.1, 0.15) is 12.4 Å². The van der Waals surface area contributed by atoms with Crippen molar-refractivity contribution in [1.82, 2.24) is 5.16 Å². The van der Waals surface area contributed by atoms with Gasteiger partial charge in [0.15, 0.2) is 17.6 Å². The minimum absolute atomic E-state index is 0.244. The maximum Gasteiger partial charge on any atom is 0.339 e. The molecule has 34 heavy (non-hydrogen) atoms. The zero-order chi connectivity index (χ0) is 24.2. The van der Waals surface area contributed by atoms with Crippen molar-refractivity contribution in [1.29, 1.82) is 0 Å². The number of amides is 1. The number of nitrogens with zero attached hydrogens (tertiary/aromatic N) is 2. The van der Waals surface area contributed by atoms with Gasteiger partial charge in [-0.15, -0.1) is 0 Å². The molecule has 8 heteroatoms. The number of methoxy groups -OCH3 is 1. The predicted molar refractivity (Wildman–Crippen MR) is 125 cm³/mol. The molecule has 0 bridgehead atoms. The summed E-state index contributed by atoms with van der Waals surface area (Å²) in [7, 11) is 1.49. The molecule has 2 aromatic carbocycles. The van der Waals surface area contributed by atoms with Crippen molar-refractivity contribution in [3.05, 3.63) is 70.6 Å². The highest BCUT2D eigenvalue weighted by Crippen LogP contribution is 2.31. The fourth-order valence-corrected chi connectivity index (χ4v) is 4.03. The average Bonchev–Trinajstić information content (AvgIpc) is 3.18. The number of fused-ring (bicyclic) bond motifs is 1. The highest BCUT2D eigenvalue weighted by atomic mass is 16.5. The number of aromatic nitrogens is 1. The van der Waals surface area contributed by atoms with Crippen LogP contribution in [0.25, 0.3) is 0 Å². The zero-order valence-corrected chi connectivity index (χ0v) is 19.8. The Morgan fingerprint density at radius 3 is 2.68 bits per heavy atom. The Bertz CT molecular complexity index is 1180. The smallest absolute Gasteiger partial charge is 0.339 e. The van der Waals surface area contributed by atoms with Crippen LogP contribution in [0.4, 0.5) is 5.69 Å². The quantitative estimate of drug-likeness (QED) is 0.479. The fourth-order valence-electron chi connectivity index (χ4n) is 4.03. The number of anilines is 1. The highest BCUT2D eigenvalue weighted by molar-refractivity contribution is 6.00. The van der Waals surface area contributed by atoms with Crippen molar-refractivity contribution in [3.63, 3.8) is 0 Å². The molecule has 0 unspecified atom stereocenters. The van der Waals surface area contributed by atoms with Crippen molar-refractivity contribution in [2.24, 2.45) is 0 Å². The Kier molecular flexibility index (Phi) is 6.86. The number of para-hydroxylation sites is 1. The van der Waals surface area contributed by atoms with Crippen LogP contribution in [0.3, 0.4) is 0 Å². The number of carbonyl (C=O) groups excluding carboxylic acids is 2. The summed E-state index contributed by atoms with van der Waals surface area (Å²) in [5, 5.41) is 3.92. The van der Waals surface area contributed by atoms with Crippen LogP contribution in [0, 0.1) is 13.8 Å². The molecule has 1 amide bonds. The number of hydrogen-bond acceptors (Lipinski definition) is 7. The van der Waals surface area contributed by atoms with Gasteiger partial charge in [-0.25, -0.2) is 4.79 Å². The molecule has 0 fully saturated rings. The van der Waals surface area contributed by atoms with E-state index in [4.69, 9.17) is 18.7 Å². The molecule has 0 saturated heterocycles. The fraction of sp³-hybridized carbons (Fsp3) is 0.346. The van der Waals surface area contributed by atoms with Crippen LogP contribution in [-0.4, -0.2) is 36.8 Å². The highest BCUT2D eigenvalue weighted by Gasteiger charge is 2.29. The van der Waals surface area contributed by atoms with E-state index in [9.17, 15) is 9.59 Å². The van der Waals surface area contributed by atoms with E-state index in [0.29, 0.717) is 23.8 Å². The molecule has 3 aromatic rings. The molecule has 1 atom stereocenters. The molecule has 1 aliphatic heterocycles. The van der Waals surface area contributed by atoms with Gasteiger partial charge in [0.05, 0.1) is 23.9 Å². The molecule has 2 heterocycles. The number of carbonyl (C=O) groups is 2. The summed E-state index contributed by atoms with van der Waals surface area (Å²) < 4.78 is 21.9. The van der Waals surface area contributed by atoms with E-state index in [0.717, 1.165) is 35.3 Å². The lowest BCUT2D eigenvalue weighted by Crippen LogP contribution is -2.42. The molecule has 1 aromatic heterocycles. The first-order valence-corrected chi connectivity index (χ1v) is 11.2.